The number of benzene rings is 3. The molecule has 10 heteroatoms. The van der Waals surface area contributed by atoms with Crippen molar-refractivity contribution in [1.82, 2.24) is 4.31 Å². The van der Waals surface area contributed by atoms with Crippen molar-refractivity contribution in [3.63, 3.8) is 0 Å². The lowest BCUT2D eigenvalue weighted by Gasteiger charge is -2.17. The summed E-state index contributed by atoms with van der Waals surface area (Å²) < 4.78 is 52.4. The van der Waals surface area contributed by atoms with Gasteiger partial charge in [-0.25, -0.2) is 21.5 Å². The minimum absolute atomic E-state index is 0.0332. The van der Waals surface area contributed by atoms with E-state index in [0.717, 1.165) is 16.4 Å². The van der Waals surface area contributed by atoms with E-state index in [1.165, 1.54) is 43.4 Å². The minimum Gasteiger partial charge on any atom is -0.326 e. The number of nitrogens with one attached hydrogen (secondary N) is 2. The normalized spacial score (nSPS) is 11.3. The van der Waals surface area contributed by atoms with E-state index in [9.17, 15) is 26.8 Å². The largest absolute Gasteiger partial charge is 0.326 e. The second-order valence-electron chi connectivity index (χ2n) is 7.48. The molecule has 3 aromatic carbocycles. The van der Waals surface area contributed by atoms with Crippen LogP contribution in [-0.4, -0.2) is 38.1 Å². The van der Waals surface area contributed by atoms with Crippen molar-refractivity contribution < 1.29 is 26.8 Å². The first-order chi connectivity index (χ1) is 16.1. The van der Waals surface area contributed by atoms with Crippen molar-refractivity contribution in [3.8, 4) is 0 Å². The summed E-state index contributed by atoms with van der Waals surface area (Å²) in [6.45, 7) is 0.0865. The molecule has 0 aromatic heterocycles. The number of anilines is 2. The van der Waals surface area contributed by atoms with Crippen LogP contribution in [0.1, 0.15) is 23.2 Å². The molecule has 0 aliphatic rings. The van der Waals surface area contributed by atoms with E-state index in [4.69, 9.17) is 0 Å². The Morgan fingerprint density at radius 2 is 1.50 bits per heavy atom. The number of rotatable bonds is 9. The van der Waals surface area contributed by atoms with Gasteiger partial charge in [-0.15, -0.1) is 0 Å². The number of hydrogen-bond acceptors (Lipinski definition) is 4. The number of nitrogens with zero attached hydrogens (tertiary/aromatic N) is 1. The number of halogens is 2. The molecule has 0 saturated carbocycles. The summed E-state index contributed by atoms with van der Waals surface area (Å²) in [5.74, 6) is -1.83. The maximum atomic E-state index is 13.3. The molecule has 34 heavy (non-hydrogen) atoms. The summed E-state index contributed by atoms with van der Waals surface area (Å²) >= 11 is 0. The number of amides is 2. The van der Waals surface area contributed by atoms with E-state index in [-0.39, 0.29) is 35.8 Å². The van der Waals surface area contributed by atoms with E-state index >= 15 is 0 Å². The van der Waals surface area contributed by atoms with Gasteiger partial charge in [0.2, 0.25) is 15.9 Å². The molecule has 0 spiro atoms. The fourth-order valence-electron chi connectivity index (χ4n) is 3.10. The Morgan fingerprint density at radius 3 is 2.18 bits per heavy atom. The van der Waals surface area contributed by atoms with Crippen molar-refractivity contribution in [3.05, 3.63) is 90.0 Å². The summed E-state index contributed by atoms with van der Waals surface area (Å²) in [5.41, 5.74) is 0.968. The predicted molar refractivity (Wildman–Crippen MR) is 125 cm³/mol. The summed E-state index contributed by atoms with van der Waals surface area (Å²) in [6, 6.07) is 16.2. The Balaban J connectivity index is 1.52. The maximum absolute atomic E-state index is 13.3. The zero-order chi connectivity index (χ0) is 24.7. The first kappa shape index (κ1) is 25.0. The standard InChI is InChI=1S/C24H23F2N3O4S/c1-29(34(32,33)22-12-10-18(25)11-13-22)14-4-9-23(30)27-20-7-2-5-17(15-20)24(31)28-21-8-3-6-19(26)16-21/h2-3,5-8,10-13,15-16H,4,9,14H2,1H3,(H,27,30)(H,28,31). The molecule has 0 atom stereocenters. The number of carbonyl (C=O) groups is 2. The van der Waals surface area contributed by atoms with Gasteiger partial charge in [0, 0.05) is 37.0 Å². The van der Waals surface area contributed by atoms with Crippen LogP contribution in [0.25, 0.3) is 0 Å². The molecule has 0 fully saturated rings. The number of carbonyl (C=O) groups excluding carboxylic acids is 2. The second kappa shape index (κ2) is 11.0. The average Bonchev–Trinajstić information content (AvgIpc) is 2.79. The van der Waals surface area contributed by atoms with Gasteiger partial charge in [-0.05, 0) is 67.1 Å². The topological polar surface area (TPSA) is 95.6 Å². The molecule has 0 unspecified atom stereocenters. The third kappa shape index (κ3) is 6.69. The van der Waals surface area contributed by atoms with Gasteiger partial charge in [0.05, 0.1) is 4.90 Å². The smallest absolute Gasteiger partial charge is 0.255 e. The summed E-state index contributed by atoms with van der Waals surface area (Å²) in [4.78, 5) is 24.7. The van der Waals surface area contributed by atoms with Crippen molar-refractivity contribution in [2.24, 2.45) is 0 Å². The quantitative estimate of drug-likeness (QED) is 0.472. The average molecular weight is 488 g/mol. The highest BCUT2D eigenvalue weighted by Crippen LogP contribution is 2.17. The third-order valence-electron chi connectivity index (χ3n) is 4.89. The van der Waals surface area contributed by atoms with Gasteiger partial charge >= 0.3 is 0 Å². The molecular weight excluding hydrogens is 464 g/mol. The van der Waals surface area contributed by atoms with Crippen LogP contribution < -0.4 is 10.6 Å². The fourth-order valence-corrected chi connectivity index (χ4v) is 4.31. The molecule has 3 aromatic rings. The monoisotopic (exact) mass is 487 g/mol. The van der Waals surface area contributed by atoms with Gasteiger partial charge in [-0.3, -0.25) is 9.59 Å². The van der Waals surface area contributed by atoms with Gasteiger partial charge in [-0.2, -0.15) is 0 Å². The first-order valence-electron chi connectivity index (χ1n) is 10.3. The van der Waals surface area contributed by atoms with Crippen molar-refractivity contribution in [1.29, 1.82) is 0 Å². The van der Waals surface area contributed by atoms with E-state index in [1.54, 1.807) is 24.3 Å². The number of hydrogen-bond donors (Lipinski definition) is 2. The van der Waals surface area contributed by atoms with Crippen LogP contribution in [0.2, 0.25) is 0 Å². The van der Waals surface area contributed by atoms with Gasteiger partial charge in [0.15, 0.2) is 0 Å². The van der Waals surface area contributed by atoms with Crippen molar-refractivity contribution >= 4 is 33.2 Å². The molecule has 178 valence electrons. The Bertz CT molecular complexity index is 1280. The Kier molecular flexibility index (Phi) is 8.08. The molecule has 0 bridgehead atoms. The molecule has 0 saturated heterocycles. The van der Waals surface area contributed by atoms with Gasteiger partial charge in [-0.1, -0.05) is 12.1 Å². The first-order valence-corrected chi connectivity index (χ1v) is 11.8. The highest BCUT2D eigenvalue weighted by molar-refractivity contribution is 7.89. The van der Waals surface area contributed by atoms with Gasteiger partial charge in [0.1, 0.15) is 11.6 Å². The van der Waals surface area contributed by atoms with Gasteiger partial charge in [0.25, 0.3) is 5.91 Å². The van der Waals surface area contributed by atoms with E-state index in [2.05, 4.69) is 10.6 Å². The zero-order valence-corrected chi connectivity index (χ0v) is 19.1. The highest BCUT2D eigenvalue weighted by Gasteiger charge is 2.20. The van der Waals surface area contributed by atoms with Crippen LogP contribution in [0.3, 0.4) is 0 Å². The Morgan fingerprint density at radius 1 is 0.853 bits per heavy atom. The molecule has 0 heterocycles. The van der Waals surface area contributed by atoms with Crippen molar-refractivity contribution in [2.45, 2.75) is 17.7 Å². The van der Waals surface area contributed by atoms with E-state index in [1.807, 2.05) is 0 Å². The van der Waals surface area contributed by atoms with Crippen LogP contribution in [0.5, 0.6) is 0 Å². The maximum Gasteiger partial charge on any atom is 0.255 e. The molecule has 0 radical (unpaired) electrons. The van der Waals surface area contributed by atoms with E-state index in [0.29, 0.717) is 11.4 Å². The Labute approximate surface area is 196 Å². The molecule has 2 amide bonds. The van der Waals surface area contributed by atoms with Crippen LogP contribution in [0.4, 0.5) is 20.2 Å². The van der Waals surface area contributed by atoms with Crippen LogP contribution in [-0.2, 0) is 14.8 Å². The number of sulfonamides is 1. The second-order valence-corrected chi connectivity index (χ2v) is 9.52. The highest BCUT2D eigenvalue weighted by atomic mass is 32.2. The lowest BCUT2D eigenvalue weighted by atomic mass is 10.1. The summed E-state index contributed by atoms with van der Waals surface area (Å²) in [7, 11) is -2.40. The van der Waals surface area contributed by atoms with Crippen LogP contribution in [0, 0.1) is 11.6 Å². The van der Waals surface area contributed by atoms with Crippen LogP contribution >= 0.6 is 0 Å². The Hall–Kier alpha value is -3.63. The zero-order valence-electron chi connectivity index (χ0n) is 18.3. The lowest BCUT2D eigenvalue weighted by Crippen LogP contribution is -2.28. The molecular formula is C24H23F2N3O4S. The molecule has 2 N–H and O–H groups in total. The predicted octanol–water partition coefficient (Wildman–Crippen LogP) is 4.26. The molecule has 3 rings (SSSR count). The minimum atomic E-state index is -3.79. The van der Waals surface area contributed by atoms with Crippen LogP contribution in [0.15, 0.2) is 77.7 Å². The SMILES string of the molecule is CN(CCCC(=O)Nc1cccc(C(=O)Nc2cccc(F)c2)c1)S(=O)(=O)c1ccc(F)cc1. The summed E-state index contributed by atoms with van der Waals surface area (Å²) in [5, 5.41) is 5.25. The van der Waals surface area contributed by atoms with E-state index < -0.39 is 27.6 Å². The third-order valence-corrected chi connectivity index (χ3v) is 6.76. The molecule has 0 aliphatic heterocycles. The summed E-state index contributed by atoms with van der Waals surface area (Å²) in [6.07, 6.45) is 0.297. The fraction of sp³-hybridized carbons (Fsp3) is 0.167. The molecule has 0 aliphatic carbocycles. The van der Waals surface area contributed by atoms with Gasteiger partial charge < -0.3 is 10.6 Å². The molecule has 7 nitrogen and oxygen atoms in total. The lowest BCUT2D eigenvalue weighted by molar-refractivity contribution is -0.116. The van der Waals surface area contributed by atoms with Crippen molar-refractivity contribution in [2.75, 3.05) is 24.2 Å².